The minimum atomic E-state index is 0.684. The molecular weight excluding hydrogens is 240 g/mol. The molecule has 4 nitrogen and oxygen atoms in total. The van der Waals surface area contributed by atoms with Crippen LogP contribution < -0.4 is 20.5 Å². The van der Waals surface area contributed by atoms with Gasteiger partial charge in [-0.3, -0.25) is 0 Å². The Balaban J connectivity index is 1.86. The first-order chi connectivity index (χ1) is 9.33. The lowest BCUT2D eigenvalue weighted by Crippen LogP contribution is -1.97. The van der Waals surface area contributed by atoms with Crippen LogP contribution in [0.25, 0.3) is 0 Å². The van der Waals surface area contributed by atoms with E-state index in [2.05, 4.69) is 5.32 Å². The molecule has 0 aromatic heterocycles. The van der Waals surface area contributed by atoms with Crippen LogP contribution in [0.4, 0.5) is 17.1 Å². The molecule has 1 aliphatic rings. The lowest BCUT2D eigenvalue weighted by molar-refractivity contribution is 0.297. The summed E-state index contributed by atoms with van der Waals surface area (Å²) in [5, 5.41) is 3.28. The summed E-state index contributed by atoms with van der Waals surface area (Å²) in [4.78, 5) is 0. The molecule has 4 heteroatoms. The monoisotopic (exact) mass is 256 g/mol. The van der Waals surface area contributed by atoms with Gasteiger partial charge in [-0.15, -0.1) is 0 Å². The van der Waals surface area contributed by atoms with Gasteiger partial charge in [0.05, 0.1) is 24.6 Å². The molecule has 0 bridgehead atoms. The summed E-state index contributed by atoms with van der Waals surface area (Å²) >= 11 is 0. The van der Waals surface area contributed by atoms with Crippen molar-refractivity contribution in [3.05, 3.63) is 42.5 Å². The number of nitrogens with one attached hydrogen (secondary N) is 1. The summed E-state index contributed by atoms with van der Waals surface area (Å²) < 4.78 is 11.3. The molecule has 0 radical (unpaired) electrons. The smallest absolute Gasteiger partial charge is 0.163 e. The fraction of sp³-hybridized carbons (Fsp3) is 0.200. The molecule has 98 valence electrons. The van der Waals surface area contributed by atoms with Crippen LogP contribution in [-0.4, -0.2) is 13.2 Å². The molecule has 0 saturated heterocycles. The van der Waals surface area contributed by atoms with Crippen LogP contribution in [0.2, 0.25) is 0 Å². The minimum absolute atomic E-state index is 0.684. The maximum absolute atomic E-state index is 5.91. The second kappa shape index (κ2) is 5.10. The molecule has 1 aliphatic heterocycles. The SMILES string of the molecule is Nc1ccccc1Nc1ccc2c(c1)OCCCO2. The van der Waals surface area contributed by atoms with E-state index in [-0.39, 0.29) is 0 Å². The zero-order valence-electron chi connectivity index (χ0n) is 10.6. The Bertz CT molecular complexity index is 584. The third-order valence-electron chi connectivity index (χ3n) is 2.99. The van der Waals surface area contributed by atoms with Gasteiger partial charge in [-0.2, -0.15) is 0 Å². The Morgan fingerprint density at radius 1 is 0.947 bits per heavy atom. The van der Waals surface area contributed by atoms with Crippen molar-refractivity contribution in [3.63, 3.8) is 0 Å². The summed E-state index contributed by atoms with van der Waals surface area (Å²) in [5.41, 5.74) is 8.45. The number of anilines is 3. The Hall–Kier alpha value is -2.36. The van der Waals surface area contributed by atoms with Crippen LogP contribution in [0.3, 0.4) is 0 Å². The Kier molecular flexibility index (Phi) is 3.14. The second-order valence-corrected chi connectivity index (χ2v) is 4.42. The van der Waals surface area contributed by atoms with Gasteiger partial charge in [0.25, 0.3) is 0 Å². The number of benzene rings is 2. The molecule has 3 rings (SSSR count). The molecule has 0 unspecified atom stereocenters. The van der Waals surface area contributed by atoms with Gasteiger partial charge in [0.1, 0.15) is 0 Å². The third kappa shape index (κ3) is 2.57. The van der Waals surface area contributed by atoms with Crippen LogP contribution in [0.1, 0.15) is 6.42 Å². The third-order valence-corrected chi connectivity index (χ3v) is 2.99. The quantitative estimate of drug-likeness (QED) is 0.810. The van der Waals surface area contributed by atoms with E-state index in [0.717, 1.165) is 35.0 Å². The molecule has 0 spiro atoms. The predicted molar refractivity (Wildman–Crippen MR) is 76.2 cm³/mol. The Morgan fingerprint density at radius 3 is 2.58 bits per heavy atom. The van der Waals surface area contributed by atoms with E-state index in [1.807, 2.05) is 42.5 Å². The topological polar surface area (TPSA) is 56.5 Å². The van der Waals surface area contributed by atoms with Crippen LogP contribution in [0.15, 0.2) is 42.5 Å². The van der Waals surface area contributed by atoms with Crippen molar-refractivity contribution in [1.29, 1.82) is 0 Å². The second-order valence-electron chi connectivity index (χ2n) is 4.42. The zero-order chi connectivity index (χ0) is 13.1. The predicted octanol–water partition coefficient (Wildman–Crippen LogP) is 3.17. The largest absolute Gasteiger partial charge is 0.490 e. The summed E-state index contributed by atoms with van der Waals surface area (Å²) in [6.45, 7) is 1.38. The molecule has 3 N–H and O–H groups in total. The van der Waals surface area contributed by atoms with Crippen molar-refractivity contribution in [2.75, 3.05) is 24.3 Å². The number of rotatable bonds is 2. The molecule has 0 aliphatic carbocycles. The summed E-state index contributed by atoms with van der Waals surface area (Å²) in [6.07, 6.45) is 0.906. The average Bonchev–Trinajstić information content (AvgIpc) is 2.66. The van der Waals surface area contributed by atoms with Gasteiger partial charge in [-0.1, -0.05) is 12.1 Å². The molecule has 19 heavy (non-hydrogen) atoms. The van der Waals surface area contributed by atoms with E-state index in [4.69, 9.17) is 15.2 Å². The number of fused-ring (bicyclic) bond motifs is 1. The highest BCUT2D eigenvalue weighted by atomic mass is 16.5. The van der Waals surface area contributed by atoms with E-state index in [9.17, 15) is 0 Å². The van der Waals surface area contributed by atoms with E-state index < -0.39 is 0 Å². The summed E-state index contributed by atoms with van der Waals surface area (Å²) in [6, 6.07) is 13.5. The normalized spacial score (nSPS) is 13.7. The van der Waals surface area contributed by atoms with Crippen LogP contribution in [0, 0.1) is 0 Å². The number of nitrogens with two attached hydrogens (primary N) is 1. The lowest BCUT2D eigenvalue weighted by Gasteiger charge is -2.12. The number of hydrogen-bond acceptors (Lipinski definition) is 4. The highest BCUT2D eigenvalue weighted by molar-refractivity contribution is 5.73. The van der Waals surface area contributed by atoms with E-state index >= 15 is 0 Å². The average molecular weight is 256 g/mol. The number of hydrogen-bond donors (Lipinski definition) is 2. The number of nitrogen functional groups attached to an aromatic ring is 1. The maximum atomic E-state index is 5.91. The summed E-state index contributed by atoms with van der Waals surface area (Å²) in [7, 11) is 0. The van der Waals surface area contributed by atoms with Crippen molar-refractivity contribution in [2.24, 2.45) is 0 Å². The van der Waals surface area contributed by atoms with Crippen molar-refractivity contribution in [3.8, 4) is 11.5 Å². The first-order valence-electron chi connectivity index (χ1n) is 6.34. The lowest BCUT2D eigenvalue weighted by atomic mass is 10.2. The van der Waals surface area contributed by atoms with E-state index in [0.29, 0.717) is 13.2 Å². The first kappa shape index (κ1) is 11.7. The van der Waals surface area contributed by atoms with Gasteiger partial charge in [0.15, 0.2) is 11.5 Å². The fourth-order valence-electron chi connectivity index (χ4n) is 2.01. The highest BCUT2D eigenvalue weighted by Crippen LogP contribution is 2.34. The molecule has 2 aromatic carbocycles. The van der Waals surface area contributed by atoms with Crippen molar-refractivity contribution < 1.29 is 9.47 Å². The highest BCUT2D eigenvalue weighted by Gasteiger charge is 2.10. The molecule has 0 fully saturated rings. The number of ether oxygens (including phenoxy) is 2. The Labute approximate surface area is 112 Å². The Morgan fingerprint density at radius 2 is 1.74 bits per heavy atom. The van der Waals surface area contributed by atoms with Gasteiger partial charge >= 0.3 is 0 Å². The van der Waals surface area contributed by atoms with E-state index in [1.54, 1.807) is 0 Å². The molecule has 1 heterocycles. The van der Waals surface area contributed by atoms with Crippen LogP contribution in [0.5, 0.6) is 11.5 Å². The van der Waals surface area contributed by atoms with Gasteiger partial charge in [0.2, 0.25) is 0 Å². The van der Waals surface area contributed by atoms with Gasteiger partial charge in [0, 0.05) is 18.2 Å². The molecule has 0 amide bonds. The summed E-state index contributed by atoms with van der Waals surface area (Å²) in [5.74, 6) is 1.57. The molecule has 2 aromatic rings. The van der Waals surface area contributed by atoms with Gasteiger partial charge < -0.3 is 20.5 Å². The van der Waals surface area contributed by atoms with Crippen molar-refractivity contribution in [1.82, 2.24) is 0 Å². The minimum Gasteiger partial charge on any atom is -0.490 e. The van der Waals surface area contributed by atoms with E-state index in [1.165, 1.54) is 0 Å². The van der Waals surface area contributed by atoms with Gasteiger partial charge in [-0.05, 0) is 24.3 Å². The van der Waals surface area contributed by atoms with Crippen molar-refractivity contribution in [2.45, 2.75) is 6.42 Å². The van der Waals surface area contributed by atoms with Crippen molar-refractivity contribution >= 4 is 17.1 Å². The maximum Gasteiger partial charge on any atom is 0.163 e. The molecular formula is C15H16N2O2. The van der Waals surface area contributed by atoms with Crippen LogP contribution >= 0.6 is 0 Å². The zero-order valence-corrected chi connectivity index (χ0v) is 10.6. The first-order valence-corrected chi connectivity index (χ1v) is 6.34. The fourth-order valence-corrected chi connectivity index (χ4v) is 2.01. The molecule has 0 saturated carbocycles. The van der Waals surface area contributed by atoms with Crippen LogP contribution in [-0.2, 0) is 0 Å². The molecule has 0 atom stereocenters. The standard InChI is InChI=1S/C15H16N2O2/c16-12-4-1-2-5-13(12)17-11-6-7-14-15(10-11)19-9-3-8-18-14/h1-2,4-7,10,17H,3,8-9,16H2. The number of para-hydroxylation sites is 2. The van der Waals surface area contributed by atoms with Gasteiger partial charge in [-0.25, -0.2) is 0 Å².